The highest BCUT2D eigenvalue weighted by Crippen LogP contribution is 2.36. The average molecular weight is 306 g/mol. The normalized spacial score (nSPS) is 19.7. The van der Waals surface area contributed by atoms with Crippen LogP contribution in [0.3, 0.4) is 0 Å². The molecule has 1 saturated heterocycles. The summed E-state index contributed by atoms with van der Waals surface area (Å²) in [6, 6.07) is 5.70. The topological polar surface area (TPSA) is 57.0 Å². The van der Waals surface area contributed by atoms with Crippen molar-refractivity contribution in [1.82, 2.24) is 4.90 Å². The van der Waals surface area contributed by atoms with Crippen molar-refractivity contribution in [1.29, 1.82) is 0 Å². The first-order valence-electron chi connectivity index (χ1n) is 7.65. The second-order valence-corrected chi connectivity index (χ2v) is 7.04. The molecule has 122 valence electrons. The molecule has 0 aromatic heterocycles. The molecule has 5 nitrogen and oxygen atoms in total. The largest absolute Gasteiger partial charge is 0.494 e. The molecule has 1 aromatic carbocycles. The fourth-order valence-electron chi connectivity index (χ4n) is 2.16. The third kappa shape index (κ3) is 3.56. The van der Waals surface area contributed by atoms with E-state index in [-0.39, 0.29) is 11.2 Å². The molecule has 2 N–H and O–H groups in total. The van der Waals surface area contributed by atoms with E-state index >= 15 is 0 Å². The van der Waals surface area contributed by atoms with Gasteiger partial charge in [-0.1, -0.05) is 6.07 Å². The lowest BCUT2D eigenvalue weighted by molar-refractivity contribution is 0.00578. The minimum absolute atomic E-state index is 0.354. The van der Waals surface area contributed by atoms with Gasteiger partial charge in [0.25, 0.3) is 0 Å². The Morgan fingerprint density at radius 2 is 1.73 bits per heavy atom. The minimum atomic E-state index is -0.400. The summed E-state index contributed by atoms with van der Waals surface area (Å²) in [7, 11) is 3.62. The van der Waals surface area contributed by atoms with Gasteiger partial charge in [0.2, 0.25) is 0 Å². The van der Waals surface area contributed by atoms with E-state index in [1.807, 2.05) is 60.0 Å². The van der Waals surface area contributed by atoms with E-state index in [1.54, 1.807) is 0 Å². The predicted molar refractivity (Wildman–Crippen MR) is 90.6 cm³/mol. The second-order valence-electron chi connectivity index (χ2n) is 7.04. The van der Waals surface area contributed by atoms with Crippen LogP contribution in [-0.2, 0) is 9.31 Å². The third-order valence-electron chi connectivity index (χ3n) is 4.36. The zero-order chi connectivity index (χ0) is 16.5. The standard InChI is InChI=1S/C16H27BN2O3/c1-15(2)16(3,4)22-17(21-15)12-7-8-14(13(18)11-12)20-10-9-19(5)6/h7-8,11H,9-10,18H2,1-6H3. The van der Waals surface area contributed by atoms with Gasteiger partial charge in [0, 0.05) is 6.54 Å². The van der Waals surface area contributed by atoms with E-state index in [0.717, 1.165) is 12.0 Å². The fourth-order valence-corrected chi connectivity index (χ4v) is 2.16. The molecular weight excluding hydrogens is 279 g/mol. The van der Waals surface area contributed by atoms with Gasteiger partial charge in [-0.05, 0) is 59.4 Å². The lowest BCUT2D eigenvalue weighted by Crippen LogP contribution is -2.41. The monoisotopic (exact) mass is 306 g/mol. The summed E-state index contributed by atoms with van der Waals surface area (Å²) in [5.41, 5.74) is 6.90. The van der Waals surface area contributed by atoms with Gasteiger partial charge in [-0.15, -0.1) is 0 Å². The maximum atomic E-state index is 6.09. The van der Waals surface area contributed by atoms with Crippen LogP contribution in [-0.4, -0.2) is 50.5 Å². The number of nitrogen functional groups attached to an aromatic ring is 1. The molecule has 1 aliphatic heterocycles. The molecule has 0 amide bonds. The number of anilines is 1. The Bertz CT molecular complexity index is 516. The summed E-state index contributed by atoms with van der Waals surface area (Å²) in [5, 5.41) is 0. The van der Waals surface area contributed by atoms with Crippen LogP contribution in [0.5, 0.6) is 5.75 Å². The number of rotatable bonds is 5. The average Bonchev–Trinajstić information content (AvgIpc) is 2.60. The quantitative estimate of drug-likeness (QED) is 0.660. The van der Waals surface area contributed by atoms with E-state index < -0.39 is 7.12 Å². The van der Waals surface area contributed by atoms with Crippen molar-refractivity contribution in [2.24, 2.45) is 0 Å². The van der Waals surface area contributed by atoms with E-state index in [2.05, 4.69) is 4.90 Å². The molecule has 1 heterocycles. The summed E-state index contributed by atoms with van der Waals surface area (Å²) in [4.78, 5) is 2.06. The van der Waals surface area contributed by atoms with Gasteiger partial charge in [0.15, 0.2) is 0 Å². The molecule has 1 aromatic rings. The van der Waals surface area contributed by atoms with Crippen LogP contribution in [0.2, 0.25) is 0 Å². The lowest BCUT2D eigenvalue weighted by atomic mass is 9.79. The highest BCUT2D eigenvalue weighted by Gasteiger charge is 2.51. The van der Waals surface area contributed by atoms with Crippen LogP contribution in [0.15, 0.2) is 18.2 Å². The van der Waals surface area contributed by atoms with Gasteiger partial charge >= 0.3 is 7.12 Å². The number of hydrogen-bond acceptors (Lipinski definition) is 5. The molecule has 0 atom stereocenters. The zero-order valence-corrected chi connectivity index (χ0v) is 14.5. The van der Waals surface area contributed by atoms with E-state index in [0.29, 0.717) is 18.0 Å². The maximum Gasteiger partial charge on any atom is 0.494 e. The zero-order valence-electron chi connectivity index (χ0n) is 14.5. The maximum absolute atomic E-state index is 6.09. The van der Waals surface area contributed by atoms with Crippen LogP contribution in [0, 0.1) is 0 Å². The number of nitrogens with two attached hydrogens (primary N) is 1. The Labute approximate surface area is 133 Å². The molecule has 0 unspecified atom stereocenters. The van der Waals surface area contributed by atoms with E-state index in [1.165, 1.54) is 0 Å². The van der Waals surface area contributed by atoms with Gasteiger partial charge in [-0.2, -0.15) is 0 Å². The van der Waals surface area contributed by atoms with E-state index in [9.17, 15) is 0 Å². The van der Waals surface area contributed by atoms with Crippen LogP contribution in [0.1, 0.15) is 27.7 Å². The molecular formula is C16H27BN2O3. The Morgan fingerprint density at radius 3 is 2.23 bits per heavy atom. The van der Waals surface area contributed by atoms with Crippen molar-refractivity contribution in [3.63, 3.8) is 0 Å². The molecule has 0 bridgehead atoms. The highest BCUT2D eigenvalue weighted by atomic mass is 16.7. The molecule has 1 aliphatic rings. The molecule has 6 heteroatoms. The van der Waals surface area contributed by atoms with Crippen molar-refractivity contribution < 1.29 is 14.0 Å². The van der Waals surface area contributed by atoms with Crippen LogP contribution < -0.4 is 15.9 Å². The number of benzene rings is 1. The fraction of sp³-hybridized carbons (Fsp3) is 0.625. The van der Waals surface area contributed by atoms with Crippen molar-refractivity contribution in [2.75, 3.05) is 33.0 Å². The molecule has 0 aliphatic carbocycles. The Hall–Kier alpha value is -1.24. The van der Waals surface area contributed by atoms with Crippen molar-refractivity contribution in [2.45, 2.75) is 38.9 Å². The van der Waals surface area contributed by atoms with Crippen molar-refractivity contribution in [3.05, 3.63) is 18.2 Å². The van der Waals surface area contributed by atoms with E-state index in [4.69, 9.17) is 19.8 Å². The summed E-state index contributed by atoms with van der Waals surface area (Å²) in [6.07, 6.45) is 0. The first kappa shape index (κ1) is 17.1. The van der Waals surface area contributed by atoms with Gasteiger partial charge < -0.3 is 24.7 Å². The summed E-state index contributed by atoms with van der Waals surface area (Å²) >= 11 is 0. The molecule has 0 spiro atoms. The van der Waals surface area contributed by atoms with Gasteiger partial charge in [0.05, 0.1) is 16.9 Å². The van der Waals surface area contributed by atoms with Crippen molar-refractivity contribution in [3.8, 4) is 5.75 Å². The van der Waals surface area contributed by atoms with Crippen LogP contribution >= 0.6 is 0 Å². The lowest BCUT2D eigenvalue weighted by Gasteiger charge is -2.32. The number of ether oxygens (including phenoxy) is 1. The summed E-state index contributed by atoms with van der Waals surface area (Å²) in [5.74, 6) is 0.696. The smallest absolute Gasteiger partial charge is 0.490 e. The molecule has 0 saturated carbocycles. The summed E-state index contributed by atoms with van der Waals surface area (Å²) < 4.78 is 17.8. The van der Waals surface area contributed by atoms with Crippen molar-refractivity contribution >= 4 is 18.3 Å². The first-order valence-corrected chi connectivity index (χ1v) is 7.65. The summed E-state index contributed by atoms with van der Waals surface area (Å²) in [6.45, 7) is 9.60. The number of nitrogens with zero attached hydrogens (tertiary/aromatic N) is 1. The molecule has 2 rings (SSSR count). The molecule has 1 fully saturated rings. The number of hydrogen-bond donors (Lipinski definition) is 1. The highest BCUT2D eigenvalue weighted by molar-refractivity contribution is 6.62. The SMILES string of the molecule is CN(C)CCOc1ccc(B2OC(C)(C)C(C)(C)O2)cc1N. The Kier molecular flexibility index (Phi) is 4.75. The van der Waals surface area contributed by atoms with Gasteiger partial charge in [0.1, 0.15) is 12.4 Å². The predicted octanol–water partition coefficient (Wildman–Crippen LogP) is 1.51. The third-order valence-corrected chi connectivity index (χ3v) is 4.36. The van der Waals surface area contributed by atoms with Crippen LogP contribution in [0.25, 0.3) is 0 Å². The molecule has 0 radical (unpaired) electrons. The van der Waals surface area contributed by atoms with Crippen LogP contribution in [0.4, 0.5) is 5.69 Å². The molecule has 22 heavy (non-hydrogen) atoms. The Morgan fingerprint density at radius 1 is 1.14 bits per heavy atom. The minimum Gasteiger partial charge on any atom is -0.490 e. The Balaban J connectivity index is 2.07. The first-order chi connectivity index (χ1) is 10.1. The van der Waals surface area contributed by atoms with Gasteiger partial charge in [-0.25, -0.2) is 0 Å². The van der Waals surface area contributed by atoms with Gasteiger partial charge in [-0.3, -0.25) is 0 Å². The number of likely N-dealkylation sites (N-methyl/N-ethyl adjacent to an activating group) is 1. The second kappa shape index (κ2) is 6.10.